The van der Waals surface area contributed by atoms with Gasteiger partial charge >= 0.3 is 10.1 Å². The molecule has 0 spiro atoms. The van der Waals surface area contributed by atoms with Crippen molar-refractivity contribution in [2.45, 2.75) is 9.79 Å². The Morgan fingerprint density at radius 2 is 1.62 bits per heavy atom. The molecule has 0 amide bonds. The summed E-state index contributed by atoms with van der Waals surface area (Å²) in [7, 11) is -9.60. The second-order valence-corrected chi connectivity index (χ2v) is 5.52. The molecule has 90 valence electrons. The van der Waals surface area contributed by atoms with Crippen LogP contribution in [0, 0.1) is 0 Å². The molecule has 0 aliphatic carbocycles. The predicted octanol–water partition coefficient (Wildman–Crippen LogP) is -0.183. The highest BCUT2D eigenvalue weighted by Crippen LogP contribution is 2.25. The van der Waals surface area contributed by atoms with E-state index in [1.807, 2.05) is 0 Å². The third kappa shape index (κ3) is 2.48. The summed E-state index contributed by atoms with van der Waals surface area (Å²) >= 11 is 0. The Balaban J connectivity index is 3.67. The van der Waals surface area contributed by atoms with Gasteiger partial charge in [-0.3, -0.25) is 4.55 Å². The number of phenolic OH excluding ortho intramolecular Hbond substituents is 1. The molecule has 1 aromatic rings. The molecule has 3 N–H and O–H groups in total. The first-order chi connectivity index (χ1) is 7.18. The van der Waals surface area contributed by atoms with Gasteiger partial charge in [-0.15, -0.1) is 4.33 Å². The summed E-state index contributed by atoms with van der Waals surface area (Å²) in [4.78, 5) is -2.09. The highest BCUT2D eigenvalue weighted by molar-refractivity contribution is 7.89. The average molecular weight is 270 g/mol. The summed E-state index contributed by atoms with van der Waals surface area (Å²) in [6.07, 6.45) is 0. The third-order valence-corrected chi connectivity index (χ3v) is 3.69. The summed E-state index contributed by atoms with van der Waals surface area (Å²) < 4.78 is 55.6. The summed E-state index contributed by atoms with van der Waals surface area (Å²) in [6, 6.07) is 2.01. The highest BCUT2D eigenvalue weighted by atomic mass is 32.2. The van der Waals surface area contributed by atoms with E-state index in [1.54, 1.807) is 0 Å². The van der Waals surface area contributed by atoms with Crippen molar-refractivity contribution in [2.24, 2.45) is 0 Å². The van der Waals surface area contributed by atoms with E-state index in [1.165, 1.54) is 0 Å². The Morgan fingerprint density at radius 1 is 1.06 bits per heavy atom. The SMILES string of the molecule is O=S(=O)(O)c1cc(O)ccc1S(=O)(=O)OO. The lowest BCUT2D eigenvalue weighted by atomic mass is 10.3. The van der Waals surface area contributed by atoms with Crippen molar-refractivity contribution >= 4 is 20.2 Å². The lowest BCUT2D eigenvalue weighted by Gasteiger charge is -2.05. The normalized spacial score (nSPS) is 12.6. The van der Waals surface area contributed by atoms with E-state index in [0.717, 1.165) is 6.07 Å². The smallest absolute Gasteiger partial charge is 0.324 e. The first-order valence-electron chi connectivity index (χ1n) is 3.57. The Hall–Kier alpha value is -1.20. The molecule has 16 heavy (non-hydrogen) atoms. The summed E-state index contributed by atoms with van der Waals surface area (Å²) in [6.45, 7) is 0. The van der Waals surface area contributed by atoms with Crippen LogP contribution in [0.4, 0.5) is 0 Å². The third-order valence-electron chi connectivity index (χ3n) is 1.57. The van der Waals surface area contributed by atoms with Crippen LogP contribution in [-0.2, 0) is 24.6 Å². The van der Waals surface area contributed by atoms with Crippen molar-refractivity contribution in [2.75, 3.05) is 0 Å². The van der Waals surface area contributed by atoms with Crippen LogP contribution in [0.15, 0.2) is 28.0 Å². The van der Waals surface area contributed by atoms with E-state index in [0.29, 0.717) is 12.1 Å². The van der Waals surface area contributed by atoms with Crippen LogP contribution in [0.3, 0.4) is 0 Å². The van der Waals surface area contributed by atoms with Crippen LogP contribution >= 0.6 is 0 Å². The average Bonchev–Trinajstić information content (AvgIpc) is 2.16. The zero-order valence-electron chi connectivity index (χ0n) is 7.43. The summed E-state index contributed by atoms with van der Waals surface area (Å²) in [5, 5.41) is 17.0. The van der Waals surface area contributed by atoms with Gasteiger partial charge in [-0.1, -0.05) is 0 Å². The van der Waals surface area contributed by atoms with Gasteiger partial charge in [0.1, 0.15) is 15.5 Å². The van der Waals surface area contributed by atoms with Gasteiger partial charge in [0, 0.05) is 6.07 Å². The number of hydrogen-bond acceptors (Lipinski definition) is 7. The molecule has 0 unspecified atom stereocenters. The number of benzene rings is 1. The molecule has 0 heterocycles. The Bertz CT molecular complexity index is 599. The molecule has 0 aromatic heterocycles. The molecular weight excluding hydrogens is 264 g/mol. The van der Waals surface area contributed by atoms with E-state index in [9.17, 15) is 16.8 Å². The first kappa shape index (κ1) is 12.9. The van der Waals surface area contributed by atoms with Gasteiger partial charge in [0.05, 0.1) is 0 Å². The molecule has 0 saturated carbocycles. The van der Waals surface area contributed by atoms with Gasteiger partial charge in [0.2, 0.25) is 0 Å². The lowest BCUT2D eigenvalue weighted by Crippen LogP contribution is -2.10. The van der Waals surface area contributed by atoms with E-state index in [2.05, 4.69) is 4.33 Å². The van der Waals surface area contributed by atoms with E-state index < -0.39 is 35.8 Å². The standard InChI is InChI=1S/C6H6O8S2/c7-4-1-2-5(16(12,13)14-8)6(3-4)15(9,10)11/h1-3,7-8H,(H,9,10,11). The molecule has 10 heteroatoms. The minimum absolute atomic E-state index is 0.501. The summed E-state index contributed by atoms with van der Waals surface area (Å²) in [5.41, 5.74) is 0. The zero-order valence-corrected chi connectivity index (χ0v) is 9.06. The number of hydrogen-bond donors (Lipinski definition) is 3. The van der Waals surface area contributed by atoms with Crippen LogP contribution in [0.2, 0.25) is 0 Å². The van der Waals surface area contributed by atoms with Crippen LogP contribution in [0.5, 0.6) is 5.75 Å². The molecular formula is C6H6O8S2. The highest BCUT2D eigenvalue weighted by Gasteiger charge is 2.26. The Labute approximate surface area is 90.5 Å². The minimum atomic E-state index is -4.88. The molecule has 8 nitrogen and oxygen atoms in total. The second-order valence-electron chi connectivity index (χ2n) is 2.63. The van der Waals surface area contributed by atoms with Crippen LogP contribution in [-0.4, -0.2) is 31.8 Å². The van der Waals surface area contributed by atoms with Crippen molar-refractivity contribution in [3.05, 3.63) is 18.2 Å². The molecule has 0 fully saturated rings. The molecule has 0 radical (unpaired) electrons. The van der Waals surface area contributed by atoms with Gasteiger partial charge in [-0.05, 0) is 12.1 Å². The molecule has 0 aliphatic rings. The fourth-order valence-corrected chi connectivity index (χ4v) is 2.78. The first-order valence-corrected chi connectivity index (χ1v) is 6.42. The largest absolute Gasteiger partial charge is 0.508 e. The monoisotopic (exact) mass is 270 g/mol. The van der Waals surface area contributed by atoms with E-state index in [4.69, 9.17) is 14.9 Å². The molecule has 0 aliphatic heterocycles. The second kappa shape index (κ2) is 3.99. The van der Waals surface area contributed by atoms with Gasteiger partial charge in [0.25, 0.3) is 10.1 Å². The molecule has 1 rings (SSSR count). The van der Waals surface area contributed by atoms with Gasteiger partial charge in [-0.25, -0.2) is 5.26 Å². The van der Waals surface area contributed by atoms with Crippen LogP contribution in [0.25, 0.3) is 0 Å². The predicted molar refractivity (Wildman–Crippen MR) is 48.8 cm³/mol. The van der Waals surface area contributed by atoms with Crippen molar-refractivity contribution < 1.29 is 36.1 Å². The maximum absolute atomic E-state index is 11.1. The number of rotatable bonds is 3. The minimum Gasteiger partial charge on any atom is -0.508 e. The molecule has 0 saturated heterocycles. The molecule has 1 aromatic carbocycles. The fraction of sp³-hybridized carbons (Fsp3) is 0. The number of aromatic hydroxyl groups is 1. The fourth-order valence-electron chi connectivity index (χ4n) is 0.945. The maximum Gasteiger partial charge on any atom is 0.324 e. The van der Waals surface area contributed by atoms with Crippen molar-refractivity contribution in [1.29, 1.82) is 0 Å². The topological polar surface area (TPSA) is 138 Å². The quantitative estimate of drug-likeness (QED) is 0.390. The van der Waals surface area contributed by atoms with Gasteiger partial charge in [-0.2, -0.15) is 16.8 Å². The molecule has 0 bridgehead atoms. The van der Waals surface area contributed by atoms with Crippen LogP contribution < -0.4 is 0 Å². The summed E-state index contributed by atoms with van der Waals surface area (Å²) in [5.74, 6) is -0.579. The molecule has 0 atom stereocenters. The van der Waals surface area contributed by atoms with Gasteiger partial charge < -0.3 is 5.11 Å². The maximum atomic E-state index is 11.1. The van der Waals surface area contributed by atoms with E-state index in [-0.39, 0.29) is 0 Å². The Kier molecular flexibility index (Phi) is 3.21. The van der Waals surface area contributed by atoms with Crippen molar-refractivity contribution in [1.82, 2.24) is 0 Å². The van der Waals surface area contributed by atoms with E-state index >= 15 is 0 Å². The Morgan fingerprint density at radius 3 is 2.06 bits per heavy atom. The zero-order chi connectivity index (χ0) is 12.6. The van der Waals surface area contributed by atoms with Crippen molar-refractivity contribution in [3.63, 3.8) is 0 Å². The van der Waals surface area contributed by atoms with Crippen molar-refractivity contribution in [3.8, 4) is 5.75 Å². The van der Waals surface area contributed by atoms with Crippen LogP contribution in [0.1, 0.15) is 0 Å². The van der Waals surface area contributed by atoms with Gasteiger partial charge in [0.15, 0.2) is 0 Å². The number of phenols is 1. The lowest BCUT2D eigenvalue weighted by molar-refractivity contribution is -0.130.